The molecule has 0 atom stereocenters. The van der Waals surface area contributed by atoms with E-state index in [1.165, 1.54) is 6.54 Å². The molecule has 0 spiro atoms. The zero-order valence-electron chi connectivity index (χ0n) is 14.5. The average Bonchev–Trinajstić information content (AvgIpc) is 2.49. The van der Waals surface area contributed by atoms with Crippen molar-refractivity contribution in [3.8, 4) is 0 Å². The maximum atomic E-state index is 11.7. The van der Waals surface area contributed by atoms with Crippen LogP contribution < -0.4 is 4.72 Å². The predicted molar refractivity (Wildman–Crippen MR) is 96.1 cm³/mol. The van der Waals surface area contributed by atoms with E-state index in [0.29, 0.717) is 11.6 Å². The summed E-state index contributed by atoms with van der Waals surface area (Å²) in [5.41, 5.74) is 1.81. The summed E-state index contributed by atoms with van der Waals surface area (Å²) in [7, 11) is -3.21. The molecule has 1 aliphatic heterocycles. The normalized spacial score (nSPS) is 17.6. The van der Waals surface area contributed by atoms with Crippen molar-refractivity contribution in [2.45, 2.75) is 27.3 Å². The number of piperazine rings is 1. The fraction of sp³-hybridized carbons (Fsp3) is 0.647. The van der Waals surface area contributed by atoms with Gasteiger partial charge in [-0.3, -0.25) is 9.62 Å². The molecular formula is C17H29N3O2S. The summed E-state index contributed by atoms with van der Waals surface area (Å²) in [4.78, 5) is 4.96. The molecule has 1 heterocycles. The lowest BCUT2D eigenvalue weighted by atomic mass is 10.1. The molecule has 130 valence electrons. The third-order valence-corrected chi connectivity index (χ3v) is 5.38. The summed E-state index contributed by atoms with van der Waals surface area (Å²) in [6, 6.07) is 7.72. The van der Waals surface area contributed by atoms with Crippen LogP contribution in [0.4, 0.5) is 5.69 Å². The minimum atomic E-state index is -3.21. The molecule has 1 aliphatic rings. The van der Waals surface area contributed by atoms with Gasteiger partial charge in [-0.25, -0.2) is 8.42 Å². The molecule has 6 heteroatoms. The van der Waals surface area contributed by atoms with E-state index in [-0.39, 0.29) is 5.75 Å². The quantitative estimate of drug-likeness (QED) is 0.828. The second-order valence-electron chi connectivity index (χ2n) is 6.68. The standard InChI is InChI=1S/C17H29N3O2S/c1-4-23(21,22)18-17-7-5-6-16(12-17)14-20-10-8-19(9-11-20)13-15(2)3/h5-7,12,15,18H,4,8-11,13-14H2,1-3H3. The third kappa shape index (κ3) is 6.12. The summed E-state index contributed by atoms with van der Waals surface area (Å²) in [6.07, 6.45) is 0. The Balaban J connectivity index is 1.89. The lowest BCUT2D eigenvalue weighted by Gasteiger charge is -2.35. The molecule has 1 aromatic rings. The number of benzene rings is 1. The molecule has 1 saturated heterocycles. The zero-order chi connectivity index (χ0) is 16.9. The Morgan fingerprint density at radius 3 is 2.39 bits per heavy atom. The van der Waals surface area contributed by atoms with E-state index in [1.54, 1.807) is 13.0 Å². The largest absolute Gasteiger partial charge is 0.301 e. The van der Waals surface area contributed by atoms with Gasteiger partial charge in [-0.15, -0.1) is 0 Å². The molecule has 1 aromatic carbocycles. The maximum Gasteiger partial charge on any atom is 0.232 e. The van der Waals surface area contributed by atoms with E-state index in [2.05, 4.69) is 34.4 Å². The van der Waals surface area contributed by atoms with Crippen molar-refractivity contribution in [3.63, 3.8) is 0 Å². The topological polar surface area (TPSA) is 52.7 Å². The van der Waals surface area contributed by atoms with Crippen LogP contribution in [0.1, 0.15) is 26.3 Å². The van der Waals surface area contributed by atoms with Crippen molar-refractivity contribution < 1.29 is 8.42 Å². The molecule has 0 amide bonds. The number of nitrogens with zero attached hydrogens (tertiary/aromatic N) is 2. The van der Waals surface area contributed by atoms with Gasteiger partial charge in [0.15, 0.2) is 0 Å². The van der Waals surface area contributed by atoms with Gasteiger partial charge in [0.05, 0.1) is 5.75 Å². The van der Waals surface area contributed by atoms with E-state index in [1.807, 2.05) is 12.1 Å². The smallest absolute Gasteiger partial charge is 0.232 e. The van der Waals surface area contributed by atoms with Crippen molar-refractivity contribution in [2.24, 2.45) is 5.92 Å². The van der Waals surface area contributed by atoms with Gasteiger partial charge in [0.1, 0.15) is 0 Å². The first-order valence-electron chi connectivity index (χ1n) is 8.42. The molecule has 0 aliphatic carbocycles. The highest BCUT2D eigenvalue weighted by Crippen LogP contribution is 2.15. The van der Waals surface area contributed by atoms with Gasteiger partial charge in [-0.1, -0.05) is 26.0 Å². The molecule has 2 rings (SSSR count). The van der Waals surface area contributed by atoms with Gasteiger partial charge in [-0.2, -0.15) is 0 Å². The van der Waals surface area contributed by atoms with E-state index >= 15 is 0 Å². The van der Waals surface area contributed by atoms with E-state index < -0.39 is 10.0 Å². The lowest BCUT2D eigenvalue weighted by molar-refractivity contribution is 0.117. The van der Waals surface area contributed by atoms with E-state index in [4.69, 9.17) is 0 Å². The molecule has 1 fully saturated rings. The lowest BCUT2D eigenvalue weighted by Crippen LogP contribution is -2.46. The zero-order valence-corrected chi connectivity index (χ0v) is 15.3. The SMILES string of the molecule is CCS(=O)(=O)Nc1cccc(CN2CCN(CC(C)C)CC2)c1. The Morgan fingerprint density at radius 2 is 1.78 bits per heavy atom. The highest BCUT2D eigenvalue weighted by Gasteiger charge is 2.17. The van der Waals surface area contributed by atoms with Crippen LogP contribution in [0.25, 0.3) is 0 Å². The fourth-order valence-electron chi connectivity index (χ4n) is 2.89. The van der Waals surface area contributed by atoms with Crippen LogP contribution in [0, 0.1) is 5.92 Å². The Hall–Kier alpha value is -1.11. The second kappa shape index (κ2) is 8.13. The number of hydrogen-bond donors (Lipinski definition) is 1. The minimum Gasteiger partial charge on any atom is -0.301 e. The van der Waals surface area contributed by atoms with Crippen LogP contribution in [0.15, 0.2) is 24.3 Å². The Bertz CT molecular complexity index is 594. The van der Waals surface area contributed by atoms with Gasteiger partial charge in [-0.05, 0) is 30.5 Å². The number of rotatable bonds is 7. The molecular weight excluding hydrogens is 310 g/mol. The summed E-state index contributed by atoms with van der Waals surface area (Å²) in [6.45, 7) is 12.6. The van der Waals surface area contributed by atoms with E-state index in [0.717, 1.165) is 38.3 Å². The molecule has 23 heavy (non-hydrogen) atoms. The van der Waals surface area contributed by atoms with Crippen LogP contribution in [0.2, 0.25) is 0 Å². The molecule has 0 saturated carbocycles. The molecule has 1 N–H and O–H groups in total. The van der Waals surface area contributed by atoms with Crippen LogP contribution in [-0.2, 0) is 16.6 Å². The summed E-state index contributed by atoms with van der Waals surface area (Å²) < 4.78 is 26.0. The van der Waals surface area contributed by atoms with Gasteiger partial charge < -0.3 is 4.90 Å². The van der Waals surface area contributed by atoms with Gasteiger partial charge in [0.25, 0.3) is 0 Å². The molecule has 5 nitrogen and oxygen atoms in total. The Labute approximate surface area is 140 Å². The van der Waals surface area contributed by atoms with Crippen molar-refractivity contribution >= 4 is 15.7 Å². The van der Waals surface area contributed by atoms with Crippen LogP contribution in [0.5, 0.6) is 0 Å². The van der Waals surface area contributed by atoms with Gasteiger partial charge >= 0.3 is 0 Å². The highest BCUT2D eigenvalue weighted by molar-refractivity contribution is 7.92. The Kier molecular flexibility index (Phi) is 6.44. The molecule has 0 aromatic heterocycles. The first-order chi connectivity index (χ1) is 10.9. The maximum absolute atomic E-state index is 11.7. The minimum absolute atomic E-state index is 0.0923. The fourth-order valence-corrected chi connectivity index (χ4v) is 3.52. The monoisotopic (exact) mass is 339 g/mol. The number of sulfonamides is 1. The predicted octanol–water partition coefficient (Wildman–Crippen LogP) is 2.22. The third-order valence-electron chi connectivity index (χ3n) is 4.07. The number of nitrogens with one attached hydrogen (secondary N) is 1. The average molecular weight is 340 g/mol. The molecule has 0 unspecified atom stereocenters. The van der Waals surface area contributed by atoms with Crippen LogP contribution >= 0.6 is 0 Å². The van der Waals surface area contributed by atoms with Crippen molar-refractivity contribution in [3.05, 3.63) is 29.8 Å². The van der Waals surface area contributed by atoms with Crippen LogP contribution in [-0.4, -0.2) is 56.7 Å². The highest BCUT2D eigenvalue weighted by atomic mass is 32.2. The van der Waals surface area contributed by atoms with Gasteiger partial charge in [0.2, 0.25) is 10.0 Å². The first kappa shape index (κ1) is 18.2. The van der Waals surface area contributed by atoms with Crippen molar-refractivity contribution in [2.75, 3.05) is 43.2 Å². The van der Waals surface area contributed by atoms with Crippen molar-refractivity contribution in [1.29, 1.82) is 0 Å². The summed E-state index contributed by atoms with van der Waals surface area (Å²) in [5.74, 6) is 0.805. The number of anilines is 1. The first-order valence-corrected chi connectivity index (χ1v) is 10.1. The second-order valence-corrected chi connectivity index (χ2v) is 8.69. The number of hydrogen-bond acceptors (Lipinski definition) is 4. The van der Waals surface area contributed by atoms with Crippen LogP contribution in [0.3, 0.4) is 0 Å². The van der Waals surface area contributed by atoms with Crippen molar-refractivity contribution in [1.82, 2.24) is 9.80 Å². The van der Waals surface area contributed by atoms with E-state index in [9.17, 15) is 8.42 Å². The summed E-state index contributed by atoms with van der Waals surface area (Å²) in [5, 5.41) is 0. The Morgan fingerprint density at radius 1 is 1.13 bits per heavy atom. The summed E-state index contributed by atoms with van der Waals surface area (Å²) >= 11 is 0. The molecule has 0 bridgehead atoms. The van der Waals surface area contributed by atoms with Gasteiger partial charge in [0, 0.05) is 45.0 Å². The molecule has 0 radical (unpaired) electrons.